The van der Waals surface area contributed by atoms with E-state index >= 15 is 0 Å². The summed E-state index contributed by atoms with van der Waals surface area (Å²) in [5.41, 5.74) is 7.20. The number of nitrogens with two attached hydrogens (primary N) is 1. The fourth-order valence-corrected chi connectivity index (χ4v) is 1.56. The first kappa shape index (κ1) is 13.9. The first-order valence-electron chi connectivity index (χ1n) is 5.44. The number of hydrogen-bond donors (Lipinski definition) is 2. The number of hydrogen-bond acceptors (Lipinski definition) is 3. The second-order valence-corrected chi connectivity index (χ2v) is 3.71. The van der Waals surface area contributed by atoms with Gasteiger partial charge in [0.05, 0.1) is 5.56 Å². The molecule has 0 radical (unpaired) electrons. The molecule has 3 N–H and O–H groups in total. The summed E-state index contributed by atoms with van der Waals surface area (Å²) in [6.45, 7) is 1.89. The molecular formula is C13H15FN2O2. The Bertz CT molecular complexity index is 522. The fraction of sp³-hybridized carbons (Fsp3) is 0.231. The van der Waals surface area contributed by atoms with Crippen molar-refractivity contribution in [2.45, 2.75) is 13.3 Å². The number of carboxylic acids is 1. The Balaban J connectivity index is 3.36. The van der Waals surface area contributed by atoms with Crippen molar-refractivity contribution in [2.75, 3.05) is 7.05 Å². The standard InChI is InChI=1S/C13H15FN2O2/c1-3-8(7-16-2)12(15)9-4-10(13(17)18)6-11(14)5-9/h4-7H,3,15H2,1-2H3,(H,17,18)/b12-8-,16-7?. The molecule has 5 heteroatoms. The van der Waals surface area contributed by atoms with Gasteiger partial charge in [0.2, 0.25) is 0 Å². The summed E-state index contributed by atoms with van der Waals surface area (Å²) in [4.78, 5) is 14.7. The van der Waals surface area contributed by atoms with Crippen LogP contribution in [0.3, 0.4) is 0 Å². The van der Waals surface area contributed by atoms with Crippen molar-refractivity contribution in [2.24, 2.45) is 10.7 Å². The Morgan fingerprint density at radius 2 is 2.06 bits per heavy atom. The minimum absolute atomic E-state index is 0.128. The highest BCUT2D eigenvalue weighted by atomic mass is 19.1. The average Bonchev–Trinajstić information content (AvgIpc) is 2.34. The third-order valence-electron chi connectivity index (χ3n) is 2.47. The summed E-state index contributed by atoms with van der Waals surface area (Å²) >= 11 is 0. The lowest BCUT2D eigenvalue weighted by Crippen LogP contribution is -2.05. The SMILES string of the molecule is CC/C(C=NC)=C(/N)c1cc(F)cc(C(=O)O)c1. The largest absolute Gasteiger partial charge is 0.478 e. The molecule has 4 nitrogen and oxygen atoms in total. The van der Waals surface area contributed by atoms with E-state index < -0.39 is 11.8 Å². The number of benzene rings is 1. The van der Waals surface area contributed by atoms with Crippen LogP contribution >= 0.6 is 0 Å². The minimum Gasteiger partial charge on any atom is -0.478 e. The highest BCUT2D eigenvalue weighted by Gasteiger charge is 2.10. The second-order valence-electron chi connectivity index (χ2n) is 3.71. The zero-order valence-corrected chi connectivity index (χ0v) is 10.3. The Kier molecular flexibility index (Phi) is 4.59. The van der Waals surface area contributed by atoms with Crippen LogP contribution in [0.1, 0.15) is 29.3 Å². The van der Waals surface area contributed by atoms with Crippen LogP contribution in [-0.4, -0.2) is 24.3 Å². The summed E-state index contributed by atoms with van der Waals surface area (Å²) in [5.74, 6) is -1.82. The maximum Gasteiger partial charge on any atom is 0.335 e. The number of carbonyl (C=O) groups is 1. The summed E-state index contributed by atoms with van der Waals surface area (Å²) in [6, 6.07) is 3.51. The molecule has 0 saturated carbocycles. The Morgan fingerprint density at radius 1 is 1.44 bits per heavy atom. The van der Waals surface area contributed by atoms with Crippen LogP contribution in [0.25, 0.3) is 5.70 Å². The van der Waals surface area contributed by atoms with Gasteiger partial charge in [-0.05, 0) is 30.2 Å². The molecule has 1 aromatic rings. The summed E-state index contributed by atoms with van der Waals surface area (Å²) in [5, 5.41) is 8.86. The van der Waals surface area contributed by atoms with Gasteiger partial charge in [-0.2, -0.15) is 0 Å². The number of allylic oxidation sites excluding steroid dienone is 1. The van der Waals surface area contributed by atoms with E-state index in [9.17, 15) is 9.18 Å². The molecule has 0 fully saturated rings. The Morgan fingerprint density at radius 3 is 2.56 bits per heavy atom. The van der Waals surface area contributed by atoms with Crippen LogP contribution in [0.4, 0.5) is 4.39 Å². The van der Waals surface area contributed by atoms with E-state index in [1.165, 1.54) is 12.1 Å². The topological polar surface area (TPSA) is 75.7 Å². The van der Waals surface area contributed by atoms with Crippen LogP contribution in [0.2, 0.25) is 0 Å². The minimum atomic E-state index is -1.19. The number of rotatable bonds is 4. The van der Waals surface area contributed by atoms with Crippen LogP contribution in [0.5, 0.6) is 0 Å². The van der Waals surface area contributed by atoms with E-state index in [2.05, 4.69) is 4.99 Å². The van der Waals surface area contributed by atoms with Crippen molar-refractivity contribution in [3.8, 4) is 0 Å². The number of carboxylic acid groups (broad SMARTS) is 1. The number of aliphatic imine (C=N–C) groups is 1. The molecule has 0 amide bonds. The summed E-state index contributed by atoms with van der Waals surface area (Å²) in [6.07, 6.45) is 2.21. The van der Waals surface area contributed by atoms with E-state index in [4.69, 9.17) is 10.8 Å². The predicted octanol–water partition coefficient (Wildman–Crippen LogP) is 2.30. The van der Waals surface area contributed by atoms with Gasteiger partial charge in [-0.25, -0.2) is 9.18 Å². The number of halogens is 1. The first-order valence-corrected chi connectivity index (χ1v) is 5.44. The third kappa shape index (κ3) is 3.16. The molecular weight excluding hydrogens is 235 g/mol. The Hall–Kier alpha value is -2.17. The number of nitrogens with zero attached hydrogens (tertiary/aromatic N) is 1. The van der Waals surface area contributed by atoms with Gasteiger partial charge in [0.15, 0.2) is 0 Å². The maximum atomic E-state index is 13.3. The van der Waals surface area contributed by atoms with Crippen molar-refractivity contribution in [3.05, 3.63) is 40.7 Å². The normalized spacial score (nSPS) is 12.6. The first-order chi connectivity index (χ1) is 8.49. The van der Waals surface area contributed by atoms with Crippen LogP contribution in [-0.2, 0) is 0 Å². The monoisotopic (exact) mass is 250 g/mol. The molecule has 0 unspecified atom stereocenters. The van der Waals surface area contributed by atoms with Gasteiger partial charge in [0.1, 0.15) is 5.82 Å². The molecule has 0 spiro atoms. The van der Waals surface area contributed by atoms with Gasteiger partial charge in [-0.3, -0.25) is 4.99 Å². The molecule has 0 atom stereocenters. The highest BCUT2D eigenvalue weighted by Crippen LogP contribution is 2.18. The third-order valence-corrected chi connectivity index (χ3v) is 2.47. The smallest absolute Gasteiger partial charge is 0.335 e. The van der Waals surface area contributed by atoms with E-state index in [0.717, 1.165) is 11.6 Å². The van der Waals surface area contributed by atoms with Crippen molar-refractivity contribution < 1.29 is 14.3 Å². The van der Waals surface area contributed by atoms with Crippen molar-refractivity contribution in [3.63, 3.8) is 0 Å². The molecule has 18 heavy (non-hydrogen) atoms. The van der Waals surface area contributed by atoms with E-state index in [-0.39, 0.29) is 5.56 Å². The fourth-order valence-electron chi connectivity index (χ4n) is 1.56. The maximum absolute atomic E-state index is 13.3. The average molecular weight is 250 g/mol. The molecule has 0 aliphatic heterocycles. The lowest BCUT2D eigenvalue weighted by atomic mass is 10.0. The number of aromatic carboxylic acids is 1. The van der Waals surface area contributed by atoms with Crippen LogP contribution < -0.4 is 5.73 Å². The Labute approximate surface area is 105 Å². The molecule has 0 aliphatic carbocycles. The molecule has 0 heterocycles. The molecule has 1 aromatic carbocycles. The van der Waals surface area contributed by atoms with Crippen molar-refractivity contribution >= 4 is 17.9 Å². The van der Waals surface area contributed by atoms with Crippen LogP contribution in [0.15, 0.2) is 28.8 Å². The molecule has 0 aromatic heterocycles. The zero-order valence-electron chi connectivity index (χ0n) is 10.3. The lowest BCUT2D eigenvalue weighted by Gasteiger charge is -2.08. The quantitative estimate of drug-likeness (QED) is 0.805. The van der Waals surface area contributed by atoms with Gasteiger partial charge in [-0.15, -0.1) is 0 Å². The molecule has 0 bridgehead atoms. The van der Waals surface area contributed by atoms with Crippen LogP contribution in [0, 0.1) is 5.82 Å². The zero-order chi connectivity index (χ0) is 13.7. The van der Waals surface area contributed by atoms with Crippen molar-refractivity contribution in [1.82, 2.24) is 0 Å². The predicted molar refractivity (Wildman–Crippen MR) is 69.2 cm³/mol. The van der Waals surface area contributed by atoms with E-state index in [1.807, 2.05) is 6.92 Å². The van der Waals surface area contributed by atoms with Gasteiger partial charge in [0, 0.05) is 24.5 Å². The van der Waals surface area contributed by atoms with E-state index in [1.54, 1.807) is 13.3 Å². The molecule has 0 aliphatic rings. The summed E-state index contributed by atoms with van der Waals surface area (Å²) < 4.78 is 13.3. The molecule has 96 valence electrons. The highest BCUT2D eigenvalue weighted by molar-refractivity contribution is 5.92. The van der Waals surface area contributed by atoms with Gasteiger partial charge in [-0.1, -0.05) is 6.92 Å². The van der Waals surface area contributed by atoms with Gasteiger partial charge in [0.25, 0.3) is 0 Å². The lowest BCUT2D eigenvalue weighted by molar-refractivity contribution is 0.0696. The second kappa shape index (κ2) is 5.95. The molecule has 0 saturated heterocycles. The summed E-state index contributed by atoms with van der Waals surface area (Å²) in [7, 11) is 1.61. The van der Waals surface area contributed by atoms with E-state index in [0.29, 0.717) is 17.7 Å². The van der Waals surface area contributed by atoms with Gasteiger partial charge >= 0.3 is 5.97 Å². The van der Waals surface area contributed by atoms with Gasteiger partial charge < -0.3 is 10.8 Å². The van der Waals surface area contributed by atoms with Crippen molar-refractivity contribution in [1.29, 1.82) is 0 Å². The molecule has 1 rings (SSSR count).